The number of carbonyl (C=O) groups is 2. The highest BCUT2D eigenvalue weighted by Crippen LogP contribution is 2.32. The van der Waals surface area contributed by atoms with Crippen molar-refractivity contribution in [2.75, 3.05) is 13.1 Å². The van der Waals surface area contributed by atoms with Crippen molar-refractivity contribution in [3.05, 3.63) is 23.7 Å². The second-order valence-electron chi connectivity index (χ2n) is 5.90. The Labute approximate surface area is 133 Å². The van der Waals surface area contributed by atoms with E-state index in [4.69, 9.17) is 9.52 Å². The van der Waals surface area contributed by atoms with E-state index in [1.165, 1.54) is 10.4 Å². The molecule has 1 aromatic heterocycles. The number of carbonyl (C=O) groups excluding carboxylic acids is 1. The van der Waals surface area contributed by atoms with Crippen molar-refractivity contribution in [3.63, 3.8) is 0 Å². The molecule has 2 N–H and O–H groups in total. The number of sulfonamides is 1. The molecule has 1 aliphatic carbocycles. The summed E-state index contributed by atoms with van der Waals surface area (Å²) in [5.74, 6) is -1.71. The molecule has 1 amide bonds. The molecule has 0 radical (unpaired) electrons. The zero-order chi connectivity index (χ0) is 16.6. The number of amides is 1. The van der Waals surface area contributed by atoms with Gasteiger partial charge < -0.3 is 14.8 Å². The number of nitrogens with zero attached hydrogens (tertiary/aromatic N) is 1. The standard InChI is InChI=1S/C14H18N2O6S/c17-13(12-7-9(8-22-12)14(18)19)15-10-3-5-16(6-4-10)23(20,21)11-1-2-11/h7-8,10-11H,1-6H2,(H,15,17)(H,18,19). The van der Waals surface area contributed by atoms with Gasteiger partial charge in [-0.1, -0.05) is 0 Å². The lowest BCUT2D eigenvalue weighted by molar-refractivity contribution is 0.0695. The first kappa shape index (κ1) is 16.0. The van der Waals surface area contributed by atoms with Crippen molar-refractivity contribution in [2.45, 2.75) is 37.0 Å². The first-order chi connectivity index (χ1) is 10.9. The molecule has 126 valence electrons. The molecule has 0 bridgehead atoms. The molecule has 0 unspecified atom stereocenters. The van der Waals surface area contributed by atoms with Gasteiger partial charge in [0, 0.05) is 25.2 Å². The lowest BCUT2D eigenvalue weighted by Crippen LogP contribution is -2.47. The van der Waals surface area contributed by atoms with Crippen LogP contribution in [0.1, 0.15) is 46.6 Å². The fourth-order valence-corrected chi connectivity index (χ4v) is 4.53. The van der Waals surface area contributed by atoms with Crippen molar-refractivity contribution >= 4 is 21.9 Å². The fraction of sp³-hybridized carbons (Fsp3) is 0.571. The van der Waals surface area contributed by atoms with Gasteiger partial charge in [-0.15, -0.1) is 0 Å². The number of nitrogens with one attached hydrogen (secondary N) is 1. The molecule has 1 aromatic rings. The van der Waals surface area contributed by atoms with Crippen LogP contribution in [0.15, 0.2) is 16.7 Å². The van der Waals surface area contributed by atoms with E-state index in [1.54, 1.807) is 0 Å². The predicted molar refractivity (Wildman–Crippen MR) is 79.7 cm³/mol. The van der Waals surface area contributed by atoms with Gasteiger partial charge in [0.1, 0.15) is 6.26 Å². The highest BCUT2D eigenvalue weighted by molar-refractivity contribution is 7.90. The summed E-state index contributed by atoms with van der Waals surface area (Å²) in [6, 6.07) is 1.02. The second-order valence-corrected chi connectivity index (χ2v) is 8.11. The zero-order valence-electron chi connectivity index (χ0n) is 12.4. The third-order valence-corrected chi connectivity index (χ3v) is 6.56. The van der Waals surface area contributed by atoms with E-state index < -0.39 is 21.9 Å². The summed E-state index contributed by atoms with van der Waals surface area (Å²) >= 11 is 0. The molecule has 1 aliphatic heterocycles. The summed E-state index contributed by atoms with van der Waals surface area (Å²) in [6.45, 7) is 0.782. The number of piperidine rings is 1. The molecule has 2 aliphatic rings. The van der Waals surface area contributed by atoms with Crippen LogP contribution in [-0.4, -0.2) is 54.1 Å². The molecule has 8 nitrogen and oxygen atoms in total. The van der Waals surface area contributed by atoms with Crippen molar-refractivity contribution in [2.24, 2.45) is 0 Å². The first-order valence-electron chi connectivity index (χ1n) is 7.49. The summed E-state index contributed by atoms with van der Waals surface area (Å²) in [5.41, 5.74) is -0.0829. The Balaban J connectivity index is 1.54. The lowest BCUT2D eigenvalue weighted by Gasteiger charge is -2.31. The summed E-state index contributed by atoms with van der Waals surface area (Å²) < 4.78 is 30.7. The van der Waals surface area contributed by atoms with Gasteiger partial charge in [0.15, 0.2) is 5.76 Å². The van der Waals surface area contributed by atoms with Crippen LogP contribution >= 0.6 is 0 Å². The smallest absolute Gasteiger partial charge is 0.338 e. The van der Waals surface area contributed by atoms with E-state index in [-0.39, 0.29) is 22.6 Å². The van der Waals surface area contributed by atoms with E-state index in [2.05, 4.69) is 5.32 Å². The molecule has 0 spiro atoms. The summed E-state index contributed by atoms with van der Waals surface area (Å²) in [4.78, 5) is 22.8. The van der Waals surface area contributed by atoms with E-state index in [1.807, 2.05) is 0 Å². The van der Waals surface area contributed by atoms with Crippen LogP contribution in [0, 0.1) is 0 Å². The Morgan fingerprint density at radius 1 is 1.22 bits per heavy atom. The molecule has 0 aromatic carbocycles. The number of aromatic carboxylic acids is 1. The number of carboxylic acids is 1. The highest BCUT2D eigenvalue weighted by Gasteiger charge is 2.41. The minimum absolute atomic E-state index is 0.0598. The van der Waals surface area contributed by atoms with Gasteiger partial charge in [-0.2, -0.15) is 0 Å². The van der Waals surface area contributed by atoms with Crippen LogP contribution in [-0.2, 0) is 10.0 Å². The number of carboxylic acid groups (broad SMARTS) is 1. The Kier molecular flexibility index (Phi) is 4.15. The molecule has 1 saturated carbocycles. The van der Waals surface area contributed by atoms with Gasteiger partial charge >= 0.3 is 5.97 Å². The van der Waals surface area contributed by atoms with E-state index >= 15 is 0 Å². The molecule has 9 heteroatoms. The zero-order valence-corrected chi connectivity index (χ0v) is 13.2. The summed E-state index contributed by atoms with van der Waals surface area (Å²) in [6.07, 6.45) is 3.56. The van der Waals surface area contributed by atoms with Crippen molar-refractivity contribution < 1.29 is 27.5 Å². The van der Waals surface area contributed by atoms with Gasteiger partial charge in [-0.3, -0.25) is 4.79 Å². The van der Waals surface area contributed by atoms with E-state index in [0.29, 0.717) is 25.9 Å². The van der Waals surface area contributed by atoms with Crippen LogP contribution in [0.2, 0.25) is 0 Å². The molecule has 23 heavy (non-hydrogen) atoms. The predicted octanol–water partition coefficient (Wildman–Crippen LogP) is 0.664. The Morgan fingerprint density at radius 3 is 2.39 bits per heavy atom. The van der Waals surface area contributed by atoms with Crippen LogP contribution < -0.4 is 5.32 Å². The van der Waals surface area contributed by atoms with Gasteiger partial charge in [0.25, 0.3) is 5.91 Å². The van der Waals surface area contributed by atoms with Gasteiger partial charge in [-0.25, -0.2) is 17.5 Å². The molecule has 0 atom stereocenters. The normalized spacial score (nSPS) is 20.3. The number of hydrogen-bond acceptors (Lipinski definition) is 5. The quantitative estimate of drug-likeness (QED) is 0.812. The van der Waals surface area contributed by atoms with E-state index in [9.17, 15) is 18.0 Å². The third kappa shape index (κ3) is 3.40. The largest absolute Gasteiger partial charge is 0.478 e. The van der Waals surface area contributed by atoms with Crippen LogP contribution in [0.5, 0.6) is 0 Å². The maximum atomic E-state index is 12.1. The average Bonchev–Trinajstić information content (AvgIpc) is 3.25. The Bertz CT molecular complexity index is 713. The van der Waals surface area contributed by atoms with Crippen LogP contribution in [0.25, 0.3) is 0 Å². The van der Waals surface area contributed by atoms with Gasteiger partial charge in [-0.05, 0) is 25.7 Å². The van der Waals surface area contributed by atoms with E-state index in [0.717, 1.165) is 19.1 Å². The summed E-state index contributed by atoms with van der Waals surface area (Å²) in [7, 11) is -3.16. The second kappa shape index (κ2) is 5.97. The average molecular weight is 342 g/mol. The van der Waals surface area contributed by atoms with Crippen LogP contribution in [0.4, 0.5) is 0 Å². The minimum atomic E-state index is -3.16. The van der Waals surface area contributed by atoms with Gasteiger partial charge in [0.2, 0.25) is 10.0 Å². The molecule has 2 fully saturated rings. The maximum Gasteiger partial charge on any atom is 0.338 e. The Morgan fingerprint density at radius 2 is 1.87 bits per heavy atom. The molecular weight excluding hydrogens is 324 g/mol. The fourth-order valence-electron chi connectivity index (χ4n) is 2.66. The summed E-state index contributed by atoms with van der Waals surface area (Å²) in [5, 5.41) is 11.3. The first-order valence-corrected chi connectivity index (χ1v) is 9.00. The number of rotatable bonds is 5. The monoisotopic (exact) mass is 342 g/mol. The minimum Gasteiger partial charge on any atom is -0.478 e. The SMILES string of the molecule is O=C(O)c1coc(C(=O)NC2CCN(S(=O)(=O)C3CC3)CC2)c1. The van der Waals surface area contributed by atoms with Crippen molar-refractivity contribution in [1.82, 2.24) is 9.62 Å². The molecular formula is C14H18N2O6S. The van der Waals surface area contributed by atoms with Crippen molar-refractivity contribution in [1.29, 1.82) is 0 Å². The molecule has 3 rings (SSSR count). The third-order valence-electron chi connectivity index (χ3n) is 4.16. The molecule has 2 heterocycles. The molecule has 1 saturated heterocycles. The lowest BCUT2D eigenvalue weighted by atomic mass is 10.1. The maximum absolute atomic E-state index is 12.1. The highest BCUT2D eigenvalue weighted by atomic mass is 32.2. The number of furan rings is 1. The number of hydrogen-bond donors (Lipinski definition) is 2. The van der Waals surface area contributed by atoms with Crippen LogP contribution in [0.3, 0.4) is 0 Å². The van der Waals surface area contributed by atoms with Crippen molar-refractivity contribution in [3.8, 4) is 0 Å². The van der Waals surface area contributed by atoms with Gasteiger partial charge in [0.05, 0.1) is 10.8 Å². The topological polar surface area (TPSA) is 117 Å². The Hall–Kier alpha value is -1.87.